The Morgan fingerprint density at radius 2 is 1.84 bits per heavy atom. The van der Waals surface area contributed by atoms with Gasteiger partial charge in [0.25, 0.3) is 0 Å². The predicted molar refractivity (Wildman–Crippen MR) is 117 cm³/mol. The molecule has 0 bridgehead atoms. The van der Waals surface area contributed by atoms with Crippen molar-refractivity contribution in [3.05, 3.63) is 12.7 Å². The Hall–Kier alpha value is -2.09. The van der Waals surface area contributed by atoms with E-state index in [4.69, 9.17) is 30.7 Å². The van der Waals surface area contributed by atoms with E-state index in [1.807, 2.05) is 0 Å². The van der Waals surface area contributed by atoms with Gasteiger partial charge in [-0.1, -0.05) is 0 Å². The zero-order valence-electron chi connectivity index (χ0n) is 18.3. The third kappa shape index (κ3) is 7.71. The maximum atomic E-state index is 12.1. The first-order valence-electron chi connectivity index (χ1n) is 9.82. The van der Waals surface area contributed by atoms with Crippen LogP contribution in [0.1, 0.15) is 6.23 Å². The Labute approximate surface area is 206 Å². The number of ether oxygens (including phenoxy) is 2. The summed E-state index contributed by atoms with van der Waals surface area (Å²) < 4.78 is 58.1. The van der Waals surface area contributed by atoms with Gasteiger partial charge in [0.2, 0.25) is 0 Å². The number of alkyl carbamates (subject to hydrolysis) is 1. The summed E-state index contributed by atoms with van der Waals surface area (Å²) in [7, 11) is -16.9. The average molecular weight is 593 g/mol. The number of nitrogens with one attached hydrogen (secondary N) is 1. The van der Waals surface area contributed by atoms with Gasteiger partial charge in [-0.15, -0.1) is 0 Å². The molecule has 37 heavy (non-hydrogen) atoms. The SMILES string of the molecule is NCCNC(=O)O[C@@H]1[C@H](O)[C@@H](COP(=O)(O)OP(=O)(O)OP(=O)(O)O)O[C@H]1n1cnc2c(N)ncnc21. The second-order valence-electron chi connectivity index (χ2n) is 7.11. The van der Waals surface area contributed by atoms with Crippen LogP contribution in [-0.4, -0.2) is 88.3 Å². The topological polar surface area (TPSA) is 323 Å². The Balaban J connectivity index is 1.80. The number of hydrogen-bond donors (Lipinski definition) is 8. The second kappa shape index (κ2) is 11.3. The van der Waals surface area contributed by atoms with Gasteiger partial charge in [-0.05, 0) is 0 Å². The quantitative estimate of drug-likeness (QED) is 0.131. The number of fused-ring (bicyclic) bond motifs is 1. The van der Waals surface area contributed by atoms with Gasteiger partial charge in [0.15, 0.2) is 23.8 Å². The van der Waals surface area contributed by atoms with Crippen LogP contribution in [0.4, 0.5) is 10.6 Å². The number of hydrogen-bond acceptors (Lipinski definition) is 15. The highest BCUT2D eigenvalue weighted by Crippen LogP contribution is 2.66. The summed E-state index contributed by atoms with van der Waals surface area (Å²) in [4.78, 5) is 60.1. The maximum Gasteiger partial charge on any atom is 0.490 e. The van der Waals surface area contributed by atoms with E-state index in [9.17, 15) is 33.4 Å². The van der Waals surface area contributed by atoms with E-state index in [0.29, 0.717) is 0 Å². The number of rotatable bonds is 11. The zero-order valence-corrected chi connectivity index (χ0v) is 21.0. The number of imidazole rings is 1. The molecule has 0 saturated carbocycles. The molecule has 1 amide bonds. The molecule has 10 N–H and O–H groups in total. The van der Waals surface area contributed by atoms with Crippen LogP contribution in [0.25, 0.3) is 11.2 Å². The van der Waals surface area contributed by atoms with Gasteiger partial charge in [0.05, 0.1) is 12.9 Å². The molecule has 1 aliphatic rings. The number of phosphoric acid groups is 3. The lowest BCUT2D eigenvalue weighted by molar-refractivity contribution is -0.0522. The third-order valence-electron chi connectivity index (χ3n) is 4.45. The van der Waals surface area contributed by atoms with E-state index < -0.39 is 60.7 Å². The second-order valence-corrected chi connectivity index (χ2v) is 11.5. The number of aliphatic hydroxyl groups is 1. The van der Waals surface area contributed by atoms with Crippen molar-refractivity contribution in [2.45, 2.75) is 24.5 Å². The summed E-state index contributed by atoms with van der Waals surface area (Å²) in [6.45, 7) is -0.914. The molecule has 3 rings (SSSR count). The van der Waals surface area contributed by atoms with Crippen LogP contribution in [-0.2, 0) is 36.3 Å². The molecule has 208 valence electrons. The number of carbonyl (C=O) groups is 1. The molecule has 1 saturated heterocycles. The molecule has 1 aliphatic heterocycles. The molecule has 2 aromatic heterocycles. The highest BCUT2D eigenvalue weighted by molar-refractivity contribution is 7.66. The molecule has 0 radical (unpaired) electrons. The van der Waals surface area contributed by atoms with Crippen LogP contribution in [0.3, 0.4) is 0 Å². The largest absolute Gasteiger partial charge is 0.490 e. The lowest BCUT2D eigenvalue weighted by Crippen LogP contribution is -2.40. The number of phosphoric ester groups is 1. The van der Waals surface area contributed by atoms with Gasteiger partial charge in [0.1, 0.15) is 24.1 Å². The minimum atomic E-state index is -5.77. The number of carbonyl (C=O) groups excluding carboxylic acids is 1. The molecular formula is C13H22N7O14P3. The maximum absolute atomic E-state index is 12.1. The zero-order chi connectivity index (χ0) is 27.6. The molecule has 2 aromatic rings. The van der Waals surface area contributed by atoms with Crippen molar-refractivity contribution < 1.29 is 65.8 Å². The molecule has 1 fully saturated rings. The summed E-state index contributed by atoms with van der Waals surface area (Å²) in [5.74, 6) is 0.00432. The van der Waals surface area contributed by atoms with E-state index in [1.54, 1.807) is 0 Å². The number of aromatic nitrogens is 4. The van der Waals surface area contributed by atoms with Crippen LogP contribution in [0.15, 0.2) is 12.7 Å². The number of anilines is 1. The average Bonchev–Trinajstić information content (AvgIpc) is 3.31. The lowest BCUT2D eigenvalue weighted by atomic mass is 10.1. The molecule has 0 spiro atoms. The Morgan fingerprint density at radius 3 is 2.49 bits per heavy atom. The summed E-state index contributed by atoms with van der Waals surface area (Å²) in [5.41, 5.74) is 11.3. The summed E-state index contributed by atoms with van der Waals surface area (Å²) in [6.07, 6.45) is -4.84. The molecule has 2 unspecified atom stereocenters. The highest BCUT2D eigenvalue weighted by Gasteiger charge is 2.49. The van der Waals surface area contributed by atoms with Gasteiger partial charge in [0, 0.05) is 13.1 Å². The first-order valence-corrected chi connectivity index (χ1v) is 14.3. The molecular weight excluding hydrogens is 571 g/mol. The van der Waals surface area contributed by atoms with E-state index in [1.165, 1.54) is 10.9 Å². The van der Waals surface area contributed by atoms with Gasteiger partial charge in [-0.3, -0.25) is 9.09 Å². The number of nitrogens with two attached hydrogens (primary N) is 2. The van der Waals surface area contributed by atoms with Gasteiger partial charge >= 0.3 is 29.6 Å². The monoisotopic (exact) mass is 593 g/mol. The van der Waals surface area contributed by atoms with Gasteiger partial charge in [-0.2, -0.15) is 8.62 Å². The minimum absolute atomic E-state index is 0.00432. The number of nitrogens with zero attached hydrogens (tertiary/aromatic N) is 4. The van der Waals surface area contributed by atoms with E-state index >= 15 is 0 Å². The summed E-state index contributed by atoms with van der Waals surface area (Å²) in [6, 6.07) is 0. The van der Waals surface area contributed by atoms with Crippen LogP contribution < -0.4 is 16.8 Å². The van der Waals surface area contributed by atoms with Crippen molar-refractivity contribution in [1.82, 2.24) is 24.8 Å². The Kier molecular flexibility index (Phi) is 9.03. The fourth-order valence-electron chi connectivity index (χ4n) is 3.07. The van der Waals surface area contributed by atoms with Crippen molar-refractivity contribution in [1.29, 1.82) is 0 Å². The number of aliphatic hydroxyl groups excluding tert-OH is 1. The van der Waals surface area contributed by atoms with Crippen LogP contribution in [0.2, 0.25) is 0 Å². The van der Waals surface area contributed by atoms with Gasteiger partial charge in [-0.25, -0.2) is 33.4 Å². The summed E-state index contributed by atoms with van der Waals surface area (Å²) >= 11 is 0. The summed E-state index contributed by atoms with van der Waals surface area (Å²) in [5, 5.41) is 13.0. The standard InChI is InChI=1S/C13H22N7O14P3/c14-1-2-16-13(22)32-9-8(21)6(3-30-36(26,27)34-37(28,29)33-35(23,24)25)31-12(9)20-5-19-7-10(15)17-4-18-11(7)20/h4-6,8-9,12,21H,1-3,14H2,(H,16,22)(H,26,27)(H,28,29)(H2,15,17,18)(H2,23,24,25)/t6-,8-,9-,12-/m1/s1. The molecule has 6 atom stereocenters. The normalized spacial score (nSPS) is 25.5. The minimum Gasteiger partial charge on any atom is -0.439 e. The van der Waals surface area contributed by atoms with Crippen molar-refractivity contribution in [3.8, 4) is 0 Å². The Morgan fingerprint density at radius 1 is 1.14 bits per heavy atom. The van der Waals surface area contributed by atoms with Crippen molar-refractivity contribution in [2.75, 3.05) is 25.4 Å². The number of amides is 1. The Bertz CT molecular complexity index is 1270. The van der Waals surface area contributed by atoms with Crippen molar-refractivity contribution in [3.63, 3.8) is 0 Å². The molecule has 3 heterocycles. The van der Waals surface area contributed by atoms with Crippen molar-refractivity contribution in [2.24, 2.45) is 5.73 Å². The number of nitrogen functional groups attached to an aromatic ring is 1. The predicted octanol–water partition coefficient (Wildman–Crippen LogP) is -1.94. The fourth-order valence-corrected chi connectivity index (χ4v) is 6.10. The molecule has 0 aliphatic carbocycles. The highest BCUT2D eigenvalue weighted by atomic mass is 31.3. The smallest absolute Gasteiger partial charge is 0.439 e. The fraction of sp³-hybridized carbons (Fsp3) is 0.538. The lowest BCUT2D eigenvalue weighted by Gasteiger charge is -2.22. The first kappa shape index (κ1) is 29.5. The molecule has 24 heteroatoms. The van der Waals surface area contributed by atoms with Crippen LogP contribution >= 0.6 is 23.5 Å². The molecule has 0 aromatic carbocycles. The first-order chi connectivity index (χ1) is 17.1. The molecule has 21 nitrogen and oxygen atoms in total. The van der Waals surface area contributed by atoms with E-state index in [0.717, 1.165) is 6.33 Å². The van der Waals surface area contributed by atoms with Crippen LogP contribution in [0, 0.1) is 0 Å². The third-order valence-corrected chi connectivity index (χ3v) is 8.25. The van der Waals surface area contributed by atoms with Gasteiger partial charge < -0.3 is 50.9 Å². The van der Waals surface area contributed by atoms with E-state index in [-0.39, 0.29) is 30.1 Å². The van der Waals surface area contributed by atoms with Crippen LogP contribution in [0.5, 0.6) is 0 Å². The van der Waals surface area contributed by atoms with Crippen molar-refractivity contribution >= 4 is 46.5 Å². The van der Waals surface area contributed by atoms with E-state index in [2.05, 4.69) is 33.4 Å².